The average molecular weight is 238 g/mol. The molecule has 0 saturated carbocycles. The molecule has 2 aromatic carbocycles. The van der Waals surface area contributed by atoms with Gasteiger partial charge in [0.05, 0.1) is 0 Å². The summed E-state index contributed by atoms with van der Waals surface area (Å²) in [5, 5.41) is 0. The monoisotopic (exact) mass is 238 g/mol. The zero-order chi connectivity index (χ0) is 13.0. The summed E-state index contributed by atoms with van der Waals surface area (Å²) in [7, 11) is 0. The van der Waals surface area contributed by atoms with E-state index in [-0.39, 0.29) is 5.78 Å². The van der Waals surface area contributed by atoms with Crippen molar-refractivity contribution in [1.29, 1.82) is 0 Å². The smallest absolute Gasteiger partial charge is 0.167 e. The fourth-order valence-electron chi connectivity index (χ4n) is 2.32. The topological polar surface area (TPSA) is 34.1 Å². The number of carbonyl (C=O) groups is 2. The van der Waals surface area contributed by atoms with Gasteiger partial charge in [0.25, 0.3) is 0 Å². The Morgan fingerprint density at radius 1 is 0.722 bits per heavy atom. The van der Waals surface area contributed by atoms with Crippen LogP contribution in [-0.4, -0.2) is 12.6 Å². The first kappa shape index (κ1) is 12.2. The van der Waals surface area contributed by atoms with Gasteiger partial charge in [-0.3, -0.25) is 4.79 Å². The minimum atomic E-state index is 0.237. The van der Waals surface area contributed by atoms with Crippen molar-refractivity contribution in [3.8, 4) is 0 Å². The second-order valence-corrected chi connectivity index (χ2v) is 4.20. The van der Waals surface area contributed by atoms with Crippen LogP contribution < -0.4 is 0 Å². The molecule has 18 heavy (non-hydrogen) atoms. The lowest BCUT2D eigenvalue weighted by Gasteiger charge is -2.04. The van der Waals surface area contributed by atoms with Gasteiger partial charge >= 0.3 is 0 Å². The molecule has 0 atom stereocenters. The van der Waals surface area contributed by atoms with E-state index >= 15 is 0 Å². The number of fused-ring (bicyclic) bond motifs is 2. The number of rotatable bonds is 0. The van der Waals surface area contributed by atoms with Crippen LogP contribution in [0.4, 0.5) is 0 Å². The molecule has 3 rings (SSSR count). The molecule has 0 N–H and O–H groups in total. The molecule has 0 amide bonds. The number of ketones is 1. The Labute approximate surface area is 106 Å². The molecule has 2 aromatic rings. The van der Waals surface area contributed by atoms with Crippen molar-refractivity contribution < 1.29 is 9.59 Å². The van der Waals surface area contributed by atoms with Gasteiger partial charge in [-0.15, -0.1) is 0 Å². The molecular formula is C16H14O2. The van der Waals surface area contributed by atoms with Crippen LogP contribution in [0.25, 0.3) is 0 Å². The van der Waals surface area contributed by atoms with Gasteiger partial charge in [-0.25, -0.2) is 0 Å². The van der Waals surface area contributed by atoms with Crippen LogP contribution in [0.5, 0.6) is 0 Å². The van der Waals surface area contributed by atoms with Gasteiger partial charge in [0, 0.05) is 12.0 Å². The highest BCUT2D eigenvalue weighted by atomic mass is 16.1. The Hall–Kier alpha value is -2.22. The van der Waals surface area contributed by atoms with Gasteiger partial charge in [0.1, 0.15) is 6.79 Å². The molecule has 0 saturated heterocycles. The van der Waals surface area contributed by atoms with Crippen LogP contribution >= 0.6 is 0 Å². The highest BCUT2D eigenvalue weighted by molar-refractivity contribution is 5.99. The zero-order valence-electron chi connectivity index (χ0n) is 10.1. The maximum atomic E-state index is 12.1. The third kappa shape index (κ3) is 2.23. The standard InChI is InChI=1S/C15H12O.CH2O/c16-15-10-12-6-2-1-5-11(12)9-13-7-3-4-8-14(13)15;1-2/h1-8H,9-10H2;1H2. The lowest BCUT2D eigenvalue weighted by Crippen LogP contribution is -2.03. The van der Waals surface area contributed by atoms with Crippen LogP contribution in [-0.2, 0) is 17.6 Å². The summed E-state index contributed by atoms with van der Waals surface area (Å²) in [5.74, 6) is 0.237. The maximum Gasteiger partial charge on any atom is 0.167 e. The van der Waals surface area contributed by atoms with E-state index in [4.69, 9.17) is 4.79 Å². The molecule has 2 nitrogen and oxygen atoms in total. The van der Waals surface area contributed by atoms with Crippen molar-refractivity contribution >= 4 is 12.6 Å². The van der Waals surface area contributed by atoms with Gasteiger partial charge in [-0.05, 0) is 23.1 Å². The second-order valence-electron chi connectivity index (χ2n) is 4.20. The molecule has 1 aliphatic rings. The minimum absolute atomic E-state index is 0.237. The first-order chi connectivity index (χ1) is 8.84. The lowest BCUT2D eigenvalue weighted by atomic mass is 10.0. The third-order valence-electron chi connectivity index (χ3n) is 3.17. The molecule has 0 unspecified atom stereocenters. The zero-order valence-corrected chi connectivity index (χ0v) is 10.1. The molecule has 90 valence electrons. The Morgan fingerprint density at radius 2 is 1.22 bits per heavy atom. The van der Waals surface area contributed by atoms with Crippen LogP contribution in [0.3, 0.4) is 0 Å². The number of carbonyl (C=O) groups excluding carboxylic acids is 2. The largest absolute Gasteiger partial charge is 0.307 e. The van der Waals surface area contributed by atoms with Gasteiger partial charge in [0.15, 0.2) is 5.78 Å². The van der Waals surface area contributed by atoms with E-state index in [9.17, 15) is 4.79 Å². The molecule has 0 aromatic heterocycles. The first-order valence-electron chi connectivity index (χ1n) is 5.81. The molecular weight excluding hydrogens is 224 g/mol. The Bertz CT molecular complexity index is 573. The van der Waals surface area contributed by atoms with Crippen molar-refractivity contribution in [3.63, 3.8) is 0 Å². The van der Waals surface area contributed by atoms with Crippen LogP contribution in [0.1, 0.15) is 27.0 Å². The van der Waals surface area contributed by atoms with Gasteiger partial charge in [-0.1, -0.05) is 48.5 Å². The average Bonchev–Trinajstić information content (AvgIpc) is 2.57. The molecule has 0 bridgehead atoms. The summed E-state index contributed by atoms with van der Waals surface area (Å²) in [6.07, 6.45) is 1.41. The summed E-state index contributed by atoms with van der Waals surface area (Å²) < 4.78 is 0. The summed E-state index contributed by atoms with van der Waals surface area (Å²) in [4.78, 5) is 20.1. The van der Waals surface area contributed by atoms with Crippen molar-refractivity contribution in [1.82, 2.24) is 0 Å². The molecule has 0 heterocycles. The predicted octanol–water partition coefficient (Wildman–Crippen LogP) is 2.83. The first-order valence-corrected chi connectivity index (χ1v) is 5.81. The highest BCUT2D eigenvalue weighted by Gasteiger charge is 2.18. The van der Waals surface area contributed by atoms with Gasteiger partial charge in [-0.2, -0.15) is 0 Å². The molecule has 0 aliphatic heterocycles. The van der Waals surface area contributed by atoms with Gasteiger partial charge in [0.2, 0.25) is 0 Å². The number of benzene rings is 2. The van der Waals surface area contributed by atoms with E-state index in [0.29, 0.717) is 6.42 Å². The van der Waals surface area contributed by atoms with Crippen LogP contribution in [0, 0.1) is 0 Å². The van der Waals surface area contributed by atoms with Gasteiger partial charge < -0.3 is 4.79 Å². The van der Waals surface area contributed by atoms with Crippen molar-refractivity contribution in [3.05, 3.63) is 70.8 Å². The van der Waals surface area contributed by atoms with E-state index in [1.165, 1.54) is 11.1 Å². The quantitative estimate of drug-likeness (QED) is 0.707. The van der Waals surface area contributed by atoms with Crippen molar-refractivity contribution in [2.45, 2.75) is 12.8 Å². The summed E-state index contributed by atoms with van der Waals surface area (Å²) in [6, 6.07) is 16.1. The molecule has 2 heteroatoms. The van der Waals surface area contributed by atoms with E-state index in [1.807, 2.05) is 37.1 Å². The fourth-order valence-corrected chi connectivity index (χ4v) is 2.32. The second kappa shape index (κ2) is 5.41. The van der Waals surface area contributed by atoms with E-state index < -0.39 is 0 Å². The summed E-state index contributed by atoms with van der Waals surface area (Å²) in [5.41, 5.74) is 4.49. The van der Waals surface area contributed by atoms with Crippen LogP contribution in [0.2, 0.25) is 0 Å². The predicted molar refractivity (Wildman–Crippen MR) is 70.8 cm³/mol. The van der Waals surface area contributed by atoms with E-state index in [1.54, 1.807) is 0 Å². The lowest BCUT2D eigenvalue weighted by molar-refractivity contribution is -0.0979. The Balaban J connectivity index is 0.000000574. The Kier molecular flexibility index (Phi) is 3.68. The normalized spacial score (nSPS) is 12.6. The molecule has 1 aliphatic carbocycles. The van der Waals surface area contributed by atoms with Crippen molar-refractivity contribution in [2.75, 3.05) is 0 Å². The molecule has 0 fully saturated rings. The van der Waals surface area contributed by atoms with Crippen molar-refractivity contribution in [2.24, 2.45) is 0 Å². The number of Topliss-reactive ketones (excluding diaryl/α,β-unsaturated/α-hetero) is 1. The summed E-state index contributed by atoms with van der Waals surface area (Å²) in [6.45, 7) is 2.00. The molecule has 0 radical (unpaired) electrons. The maximum absolute atomic E-state index is 12.1. The fraction of sp³-hybridized carbons (Fsp3) is 0.125. The highest BCUT2D eigenvalue weighted by Crippen LogP contribution is 2.23. The van der Waals surface area contributed by atoms with E-state index in [2.05, 4.69) is 18.2 Å². The number of hydrogen-bond donors (Lipinski definition) is 0. The SMILES string of the molecule is C=O.O=C1Cc2ccccc2Cc2ccccc21. The van der Waals surface area contributed by atoms with E-state index in [0.717, 1.165) is 17.5 Å². The summed E-state index contributed by atoms with van der Waals surface area (Å²) >= 11 is 0. The minimum Gasteiger partial charge on any atom is -0.307 e. The Morgan fingerprint density at radius 3 is 1.89 bits per heavy atom. The number of hydrogen-bond acceptors (Lipinski definition) is 2. The van der Waals surface area contributed by atoms with Crippen LogP contribution in [0.15, 0.2) is 48.5 Å². The third-order valence-corrected chi connectivity index (χ3v) is 3.17. The molecule has 0 spiro atoms.